The molecule has 3 amide bonds. The average molecular weight is 549 g/mol. The van der Waals surface area contributed by atoms with Gasteiger partial charge in [-0.15, -0.1) is 0 Å². The van der Waals surface area contributed by atoms with Crippen LogP contribution in [-0.2, 0) is 4.74 Å². The minimum atomic E-state index is -4.57. The third-order valence-electron chi connectivity index (χ3n) is 8.11. The van der Waals surface area contributed by atoms with Crippen LogP contribution in [0, 0.1) is 24.7 Å². The van der Waals surface area contributed by atoms with Crippen LogP contribution >= 0.6 is 0 Å². The number of aromatic nitrogens is 5. The van der Waals surface area contributed by atoms with Crippen LogP contribution in [0.5, 0.6) is 0 Å². The number of methoxy groups -OCH3 is 1. The van der Waals surface area contributed by atoms with Gasteiger partial charge in [-0.1, -0.05) is 11.6 Å². The molecule has 39 heavy (non-hydrogen) atoms. The van der Waals surface area contributed by atoms with Gasteiger partial charge >= 0.3 is 12.2 Å². The number of alkyl halides is 3. The van der Waals surface area contributed by atoms with Crippen molar-refractivity contribution in [3.63, 3.8) is 0 Å². The molecule has 3 aliphatic rings. The SMILES string of the molecule is COC[C@H](c1cnn2cc(C(NC(=O)c3nonc3C)C3C4CCCC43)nc2c1)N1C[C@@H](C(F)(F)F)NC1=O. The molecule has 12 nitrogen and oxygen atoms in total. The number of nitrogens with one attached hydrogen (secondary N) is 2. The smallest absolute Gasteiger partial charge is 0.382 e. The van der Waals surface area contributed by atoms with Gasteiger partial charge in [0, 0.05) is 12.7 Å². The molecule has 0 aromatic carbocycles. The van der Waals surface area contributed by atoms with Gasteiger partial charge in [0.15, 0.2) is 11.3 Å². The van der Waals surface area contributed by atoms with Crippen molar-refractivity contribution >= 4 is 17.6 Å². The van der Waals surface area contributed by atoms with Crippen molar-refractivity contribution in [1.29, 1.82) is 0 Å². The minimum absolute atomic E-state index is 0.0291. The summed E-state index contributed by atoms with van der Waals surface area (Å²) < 4.78 is 51.3. The maximum Gasteiger partial charge on any atom is 0.410 e. The highest BCUT2D eigenvalue weighted by molar-refractivity contribution is 5.93. The molecule has 3 unspecified atom stereocenters. The van der Waals surface area contributed by atoms with Crippen molar-refractivity contribution in [2.24, 2.45) is 17.8 Å². The first-order chi connectivity index (χ1) is 18.7. The van der Waals surface area contributed by atoms with E-state index in [9.17, 15) is 22.8 Å². The number of nitrogens with zero attached hydrogens (tertiary/aromatic N) is 6. The van der Waals surface area contributed by atoms with E-state index in [1.807, 2.05) is 5.32 Å². The first kappa shape index (κ1) is 25.5. The summed E-state index contributed by atoms with van der Waals surface area (Å²) >= 11 is 0. The van der Waals surface area contributed by atoms with Crippen LogP contribution in [-0.4, -0.2) is 74.2 Å². The maximum absolute atomic E-state index is 13.3. The molecule has 3 fully saturated rings. The number of fused-ring (bicyclic) bond motifs is 2. The Hall–Kier alpha value is -3.75. The van der Waals surface area contributed by atoms with E-state index in [1.54, 1.807) is 23.7 Å². The number of hydrogen-bond acceptors (Lipinski definition) is 8. The molecule has 3 aromatic rings. The van der Waals surface area contributed by atoms with Crippen LogP contribution in [0.2, 0.25) is 0 Å². The predicted molar refractivity (Wildman–Crippen MR) is 126 cm³/mol. The summed E-state index contributed by atoms with van der Waals surface area (Å²) in [6, 6.07) is -2.32. The largest absolute Gasteiger partial charge is 0.410 e. The van der Waals surface area contributed by atoms with Crippen LogP contribution < -0.4 is 10.6 Å². The topological polar surface area (TPSA) is 140 Å². The van der Waals surface area contributed by atoms with Crippen molar-refractivity contribution in [2.75, 3.05) is 20.3 Å². The fourth-order valence-electron chi connectivity index (χ4n) is 6.16. The van der Waals surface area contributed by atoms with Gasteiger partial charge < -0.3 is 20.3 Å². The molecule has 208 valence electrons. The summed E-state index contributed by atoms with van der Waals surface area (Å²) in [5, 5.41) is 16.9. The van der Waals surface area contributed by atoms with Crippen LogP contribution in [0.4, 0.5) is 18.0 Å². The fraction of sp³-hybridized carbons (Fsp3) is 0.583. The lowest BCUT2D eigenvalue weighted by Gasteiger charge is -2.26. The Morgan fingerprint density at radius 2 is 2.08 bits per heavy atom. The molecule has 6 rings (SSSR count). The van der Waals surface area contributed by atoms with Gasteiger partial charge in [0.1, 0.15) is 11.7 Å². The van der Waals surface area contributed by atoms with Crippen LogP contribution in [0.15, 0.2) is 23.1 Å². The average Bonchev–Trinajstić information content (AvgIpc) is 3.45. The van der Waals surface area contributed by atoms with Gasteiger partial charge in [0.2, 0.25) is 0 Å². The fourth-order valence-corrected chi connectivity index (χ4v) is 6.16. The van der Waals surface area contributed by atoms with Crippen LogP contribution in [0.1, 0.15) is 58.8 Å². The van der Waals surface area contributed by atoms with E-state index in [4.69, 9.17) is 9.72 Å². The third kappa shape index (κ3) is 4.57. The van der Waals surface area contributed by atoms with Crippen molar-refractivity contribution in [1.82, 2.24) is 40.4 Å². The number of carbonyl (C=O) groups is 2. The van der Waals surface area contributed by atoms with Gasteiger partial charge in [-0.2, -0.15) is 18.3 Å². The Kier molecular flexibility index (Phi) is 6.19. The highest BCUT2D eigenvalue weighted by Crippen LogP contribution is 2.62. The lowest BCUT2D eigenvalue weighted by atomic mass is 10.0. The number of carbonyl (C=O) groups excluding carboxylic acids is 2. The van der Waals surface area contributed by atoms with Crippen molar-refractivity contribution in [3.05, 3.63) is 41.1 Å². The van der Waals surface area contributed by atoms with Gasteiger partial charge in [-0.05, 0) is 48.7 Å². The quantitative estimate of drug-likeness (QED) is 0.438. The van der Waals surface area contributed by atoms with Crippen molar-refractivity contribution in [3.8, 4) is 0 Å². The van der Waals surface area contributed by atoms with Crippen LogP contribution in [0.3, 0.4) is 0 Å². The Balaban J connectivity index is 1.29. The van der Waals surface area contributed by atoms with E-state index in [0.29, 0.717) is 34.4 Å². The van der Waals surface area contributed by atoms with Crippen LogP contribution in [0.25, 0.3) is 5.65 Å². The van der Waals surface area contributed by atoms with Gasteiger partial charge in [0.05, 0.1) is 43.3 Å². The summed E-state index contributed by atoms with van der Waals surface area (Å²) in [4.78, 5) is 31.3. The molecule has 2 N–H and O–H groups in total. The molecule has 15 heteroatoms. The third-order valence-corrected chi connectivity index (χ3v) is 8.11. The lowest BCUT2D eigenvalue weighted by molar-refractivity contribution is -0.150. The molecule has 5 atom stereocenters. The highest BCUT2D eigenvalue weighted by atomic mass is 19.4. The summed E-state index contributed by atoms with van der Waals surface area (Å²) in [5.74, 6) is 0.818. The number of halogens is 3. The first-order valence-electron chi connectivity index (χ1n) is 12.7. The molecule has 4 heterocycles. The number of ether oxygens (including phenoxy) is 1. The van der Waals surface area contributed by atoms with E-state index in [-0.39, 0.29) is 24.3 Å². The first-order valence-corrected chi connectivity index (χ1v) is 12.7. The Morgan fingerprint density at radius 3 is 2.72 bits per heavy atom. The van der Waals surface area contributed by atoms with E-state index >= 15 is 0 Å². The molecule has 0 bridgehead atoms. The Bertz CT molecular complexity index is 1400. The molecule has 2 saturated carbocycles. The lowest BCUT2D eigenvalue weighted by Crippen LogP contribution is -2.40. The van der Waals surface area contributed by atoms with E-state index in [1.165, 1.54) is 13.3 Å². The molecule has 3 aromatic heterocycles. The zero-order valence-corrected chi connectivity index (χ0v) is 21.2. The van der Waals surface area contributed by atoms with Gasteiger partial charge in [0.25, 0.3) is 5.91 Å². The monoisotopic (exact) mass is 548 g/mol. The number of imidazole rings is 1. The van der Waals surface area contributed by atoms with E-state index in [2.05, 4.69) is 25.4 Å². The zero-order valence-electron chi connectivity index (χ0n) is 21.2. The molecule has 0 radical (unpaired) electrons. The molecule has 0 spiro atoms. The number of urea groups is 1. The summed E-state index contributed by atoms with van der Waals surface area (Å²) in [6.45, 7) is 1.06. The molecule has 2 aliphatic carbocycles. The molecular weight excluding hydrogens is 521 g/mol. The standard InChI is InChI=1S/C24H27F3N8O4/c1-11-20(33-39-32-11)22(36)31-21(19-13-4-3-5-14(13)19)15-8-35-18(29-15)6-12(7-28-35)16(10-38-2)34-9-17(24(25,26)27)30-23(34)37/h6-8,13-14,16-17,19,21H,3-5,9-10H2,1-2H3,(H,30,37)(H,31,36)/t13?,14?,16-,17+,19?,21?/m1/s1. The number of aryl methyl sites for hydroxylation is 1. The summed E-state index contributed by atoms with van der Waals surface area (Å²) in [5.41, 5.74) is 2.01. The summed E-state index contributed by atoms with van der Waals surface area (Å²) in [7, 11) is 1.41. The normalized spacial score (nSPS) is 26.0. The van der Waals surface area contributed by atoms with Gasteiger partial charge in [-0.25, -0.2) is 18.9 Å². The number of amides is 3. The Labute approximate surface area is 220 Å². The Morgan fingerprint density at radius 1 is 1.31 bits per heavy atom. The van der Waals surface area contributed by atoms with E-state index < -0.39 is 36.7 Å². The highest BCUT2D eigenvalue weighted by Gasteiger charge is 2.57. The second kappa shape index (κ2) is 9.47. The zero-order chi connectivity index (χ0) is 27.5. The molecule has 1 aliphatic heterocycles. The maximum atomic E-state index is 13.3. The summed E-state index contributed by atoms with van der Waals surface area (Å²) in [6.07, 6.45) is 2.01. The van der Waals surface area contributed by atoms with Crippen molar-refractivity contribution < 1.29 is 32.1 Å². The second-order valence-corrected chi connectivity index (χ2v) is 10.4. The second-order valence-electron chi connectivity index (χ2n) is 10.4. The number of hydrogen-bond donors (Lipinski definition) is 2. The minimum Gasteiger partial charge on any atom is -0.382 e. The van der Waals surface area contributed by atoms with Gasteiger partial charge in [-0.3, -0.25) is 4.79 Å². The predicted octanol–water partition coefficient (Wildman–Crippen LogP) is 2.58. The molecular formula is C24H27F3N8O4. The van der Waals surface area contributed by atoms with E-state index in [0.717, 1.165) is 24.2 Å². The van der Waals surface area contributed by atoms with Crippen molar-refractivity contribution in [2.45, 2.75) is 50.5 Å². The number of rotatable bonds is 8. The molecule has 1 saturated heterocycles.